The van der Waals surface area contributed by atoms with Gasteiger partial charge in [-0.3, -0.25) is 4.72 Å². The predicted octanol–water partition coefficient (Wildman–Crippen LogP) is 2.54. The molecule has 0 atom stereocenters. The lowest BCUT2D eigenvalue weighted by Crippen LogP contribution is -2.22. The lowest BCUT2D eigenvalue weighted by molar-refractivity contribution is 0.520. The Balaban J connectivity index is 2.08. The molecule has 0 radical (unpaired) electrons. The minimum absolute atomic E-state index is 0.0828. The minimum atomic E-state index is -3.51. The molecule has 0 saturated heterocycles. The molecule has 0 aromatic heterocycles. The summed E-state index contributed by atoms with van der Waals surface area (Å²) in [5.41, 5.74) is 3.10. The summed E-state index contributed by atoms with van der Waals surface area (Å²) in [4.78, 5) is 0.183. The third-order valence-electron chi connectivity index (χ3n) is 4.10. The molecule has 0 aliphatic rings. The number of anilines is 1. The van der Waals surface area contributed by atoms with Gasteiger partial charge in [0.05, 0.1) is 16.3 Å². The summed E-state index contributed by atoms with van der Waals surface area (Å²) in [6.07, 6.45) is 0.294. The smallest absolute Gasteiger partial charge is 0.242 e. The van der Waals surface area contributed by atoms with Crippen molar-refractivity contribution in [2.75, 3.05) is 24.6 Å². The first-order valence-electron chi connectivity index (χ1n) is 8.11. The third-order valence-corrected chi connectivity index (χ3v) is 7.19. The Hall–Kier alpha value is -1.90. The second kappa shape index (κ2) is 7.77. The monoisotopic (exact) mass is 396 g/mol. The van der Waals surface area contributed by atoms with Crippen LogP contribution >= 0.6 is 0 Å². The molecule has 2 aromatic rings. The van der Waals surface area contributed by atoms with Crippen molar-refractivity contribution in [3.8, 4) is 0 Å². The summed E-state index contributed by atoms with van der Waals surface area (Å²) in [5, 5.41) is 0. The fourth-order valence-electron chi connectivity index (χ4n) is 2.47. The zero-order valence-corrected chi connectivity index (χ0v) is 17.0. The first kappa shape index (κ1) is 20.4. The van der Waals surface area contributed by atoms with Gasteiger partial charge in [-0.1, -0.05) is 30.3 Å². The average molecular weight is 397 g/mol. The molecule has 0 amide bonds. The van der Waals surface area contributed by atoms with E-state index < -0.39 is 20.0 Å². The molecule has 0 aliphatic heterocycles. The summed E-state index contributed by atoms with van der Waals surface area (Å²) >= 11 is 0. The van der Waals surface area contributed by atoms with Crippen molar-refractivity contribution in [1.82, 2.24) is 4.31 Å². The van der Waals surface area contributed by atoms with Crippen LogP contribution in [0.2, 0.25) is 0 Å². The average Bonchev–Trinajstić information content (AvgIpc) is 2.57. The fraction of sp³-hybridized carbons (Fsp3) is 0.333. The second-order valence-electron chi connectivity index (χ2n) is 6.37. The van der Waals surface area contributed by atoms with Crippen LogP contribution in [0.25, 0.3) is 0 Å². The molecular formula is C18H24N2O4S2. The number of aryl methyl sites for hydroxylation is 3. The molecule has 1 N–H and O–H groups in total. The Morgan fingerprint density at radius 1 is 0.885 bits per heavy atom. The number of nitrogens with zero attached hydrogens (tertiary/aromatic N) is 1. The molecular weight excluding hydrogens is 372 g/mol. The Morgan fingerprint density at radius 2 is 1.42 bits per heavy atom. The number of hydrogen-bond acceptors (Lipinski definition) is 4. The van der Waals surface area contributed by atoms with Gasteiger partial charge in [0, 0.05) is 14.1 Å². The summed E-state index contributed by atoms with van der Waals surface area (Å²) in [7, 11) is -4.06. The maximum Gasteiger partial charge on any atom is 0.242 e. The molecule has 0 aliphatic carbocycles. The van der Waals surface area contributed by atoms with Crippen LogP contribution in [0.1, 0.15) is 16.7 Å². The number of sulfonamides is 2. The van der Waals surface area contributed by atoms with Crippen molar-refractivity contribution in [2.24, 2.45) is 0 Å². The normalized spacial score (nSPS) is 12.3. The van der Waals surface area contributed by atoms with Crippen LogP contribution in [0.4, 0.5) is 5.69 Å². The Morgan fingerprint density at radius 3 is 1.92 bits per heavy atom. The number of para-hydroxylation sites is 1. The Bertz CT molecular complexity index is 960. The lowest BCUT2D eigenvalue weighted by Gasteiger charge is -2.13. The number of benzene rings is 2. The van der Waals surface area contributed by atoms with Crippen LogP contribution in [-0.2, 0) is 26.5 Å². The van der Waals surface area contributed by atoms with E-state index in [1.54, 1.807) is 12.1 Å². The van der Waals surface area contributed by atoms with E-state index >= 15 is 0 Å². The summed E-state index contributed by atoms with van der Waals surface area (Å²) in [6, 6.07) is 11.9. The zero-order valence-electron chi connectivity index (χ0n) is 15.4. The molecule has 0 spiro atoms. The first-order valence-corrected chi connectivity index (χ1v) is 11.2. The zero-order chi connectivity index (χ0) is 19.5. The molecule has 0 saturated carbocycles. The van der Waals surface area contributed by atoms with Crippen LogP contribution < -0.4 is 4.72 Å². The molecule has 0 heterocycles. The summed E-state index contributed by atoms with van der Waals surface area (Å²) < 4.78 is 52.6. The van der Waals surface area contributed by atoms with E-state index in [-0.39, 0.29) is 10.6 Å². The Kier molecular flexibility index (Phi) is 6.10. The maximum absolute atomic E-state index is 12.4. The van der Waals surface area contributed by atoms with Gasteiger partial charge in [0.1, 0.15) is 0 Å². The SMILES string of the molecule is Cc1cccc(C)c1NS(=O)(=O)CCc1ccc(S(=O)(=O)N(C)C)cc1. The van der Waals surface area contributed by atoms with Crippen LogP contribution in [0.15, 0.2) is 47.4 Å². The second-order valence-corrected chi connectivity index (χ2v) is 10.4. The van der Waals surface area contributed by atoms with Gasteiger partial charge in [-0.2, -0.15) is 0 Å². The molecule has 2 aromatic carbocycles. The van der Waals surface area contributed by atoms with Crippen LogP contribution in [0.3, 0.4) is 0 Å². The van der Waals surface area contributed by atoms with Gasteiger partial charge in [0.25, 0.3) is 0 Å². The van der Waals surface area contributed by atoms with Gasteiger partial charge >= 0.3 is 0 Å². The highest BCUT2D eigenvalue weighted by atomic mass is 32.2. The van der Waals surface area contributed by atoms with Crippen molar-refractivity contribution < 1.29 is 16.8 Å². The summed E-state index contributed by atoms with van der Waals surface area (Å²) in [6.45, 7) is 3.71. The maximum atomic E-state index is 12.4. The van der Waals surface area contributed by atoms with E-state index in [0.29, 0.717) is 12.1 Å². The molecule has 26 heavy (non-hydrogen) atoms. The highest BCUT2D eigenvalue weighted by molar-refractivity contribution is 7.92. The van der Waals surface area contributed by atoms with Gasteiger partial charge < -0.3 is 0 Å². The largest absolute Gasteiger partial charge is 0.283 e. The van der Waals surface area contributed by atoms with E-state index in [9.17, 15) is 16.8 Å². The molecule has 6 nitrogen and oxygen atoms in total. The quantitative estimate of drug-likeness (QED) is 0.780. The van der Waals surface area contributed by atoms with Gasteiger partial charge in [0.2, 0.25) is 20.0 Å². The van der Waals surface area contributed by atoms with E-state index in [4.69, 9.17) is 0 Å². The minimum Gasteiger partial charge on any atom is -0.283 e. The highest BCUT2D eigenvalue weighted by Gasteiger charge is 2.17. The third kappa shape index (κ3) is 4.84. The molecule has 2 rings (SSSR count). The van der Waals surface area contributed by atoms with Crippen molar-refractivity contribution in [3.05, 3.63) is 59.2 Å². The standard InChI is InChI=1S/C18H24N2O4S2/c1-14-6-5-7-15(2)18(14)19-25(21,22)13-12-16-8-10-17(11-9-16)26(23,24)20(3)4/h5-11,19H,12-13H2,1-4H3. The fourth-order valence-corrected chi connectivity index (χ4v) is 4.61. The van der Waals surface area contributed by atoms with Crippen molar-refractivity contribution >= 4 is 25.7 Å². The van der Waals surface area contributed by atoms with E-state index in [2.05, 4.69) is 4.72 Å². The number of rotatable bonds is 7. The molecule has 0 bridgehead atoms. The Labute approximate surface area is 156 Å². The van der Waals surface area contributed by atoms with Gasteiger partial charge in [-0.15, -0.1) is 0 Å². The van der Waals surface area contributed by atoms with Crippen molar-refractivity contribution in [2.45, 2.75) is 25.2 Å². The molecule has 142 valence electrons. The lowest BCUT2D eigenvalue weighted by atomic mass is 10.1. The van der Waals surface area contributed by atoms with Crippen LogP contribution in [0, 0.1) is 13.8 Å². The topological polar surface area (TPSA) is 83.5 Å². The summed E-state index contributed by atoms with van der Waals surface area (Å²) in [5.74, 6) is -0.0828. The molecule has 8 heteroatoms. The van der Waals surface area contributed by atoms with Gasteiger partial charge in [-0.25, -0.2) is 21.1 Å². The molecule has 0 fully saturated rings. The van der Waals surface area contributed by atoms with Crippen molar-refractivity contribution in [1.29, 1.82) is 0 Å². The van der Waals surface area contributed by atoms with Crippen LogP contribution in [0.5, 0.6) is 0 Å². The highest BCUT2D eigenvalue weighted by Crippen LogP contribution is 2.21. The van der Waals surface area contributed by atoms with Gasteiger partial charge in [0.15, 0.2) is 0 Å². The van der Waals surface area contributed by atoms with Crippen molar-refractivity contribution in [3.63, 3.8) is 0 Å². The van der Waals surface area contributed by atoms with Gasteiger partial charge in [-0.05, 0) is 49.1 Å². The van der Waals surface area contributed by atoms with Crippen LogP contribution in [-0.4, -0.2) is 41.0 Å². The van der Waals surface area contributed by atoms with E-state index in [1.807, 2.05) is 32.0 Å². The number of hydrogen-bond donors (Lipinski definition) is 1. The number of nitrogens with one attached hydrogen (secondary N) is 1. The predicted molar refractivity (Wildman–Crippen MR) is 104 cm³/mol. The van der Waals surface area contributed by atoms with E-state index in [0.717, 1.165) is 21.0 Å². The first-order chi connectivity index (χ1) is 12.0. The van der Waals surface area contributed by atoms with E-state index in [1.165, 1.54) is 26.2 Å². The molecule has 0 unspecified atom stereocenters.